The molecule has 1 saturated heterocycles. The summed E-state index contributed by atoms with van der Waals surface area (Å²) >= 11 is 0. The Morgan fingerprint density at radius 1 is 1.72 bits per heavy atom. The van der Waals surface area contributed by atoms with E-state index in [2.05, 4.69) is 17.4 Å². The van der Waals surface area contributed by atoms with Crippen LogP contribution in [-0.4, -0.2) is 28.7 Å². The van der Waals surface area contributed by atoms with Crippen molar-refractivity contribution in [2.75, 3.05) is 6.54 Å². The molecule has 5 nitrogen and oxygen atoms in total. The highest BCUT2D eigenvalue weighted by atomic mass is 16.5. The Labute approximate surface area is 108 Å². The number of nitrogens with one attached hydrogen (secondary N) is 1. The summed E-state index contributed by atoms with van der Waals surface area (Å²) in [5.74, 6) is 0.796. The predicted octanol–water partition coefficient (Wildman–Crippen LogP) is 2.63. The lowest BCUT2D eigenvalue weighted by Gasteiger charge is -2.24. The number of aryl methyl sites for hydroxylation is 1. The van der Waals surface area contributed by atoms with Gasteiger partial charge in [0.2, 0.25) is 0 Å². The van der Waals surface area contributed by atoms with Gasteiger partial charge in [-0.25, -0.2) is 4.79 Å². The van der Waals surface area contributed by atoms with Gasteiger partial charge >= 0.3 is 6.03 Å². The average molecular weight is 251 g/mol. The second-order valence-corrected chi connectivity index (χ2v) is 4.98. The number of aromatic nitrogens is 1. The van der Waals surface area contributed by atoms with E-state index < -0.39 is 0 Å². The number of likely N-dealkylation sites (tertiary alicyclic amines) is 1. The maximum absolute atomic E-state index is 12.2. The molecule has 0 radical (unpaired) electrons. The van der Waals surface area contributed by atoms with Crippen LogP contribution in [0.25, 0.3) is 0 Å². The van der Waals surface area contributed by atoms with Crippen LogP contribution in [0.3, 0.4) is 0 Å². The molecule has 2 heterocycles. The number of nitrogens with zero attached hydrogens (tertiary/aromatic N) is 2. The minimum absolute atomic E-state index is 0.000836. The standard InChI is InChI=1S/C13H21N3O2/c1-4-9(2)14-13(17)16-7-5-6-11(16)12-8-10(3)15-18-12/h8-9,11H,4-7H2,1-3H3,(H,14,17)/t9-,11-/m0/s1. The van der Waals surface area contributed by atoms with E-state index in [1.807, 2.05) is 24.8 Å². The molecule has 1 aliphatic heterocycles. The first-order valence-corrected chi connectivity index (χ1v) is 6.62. The second-order valence-electron chi connectivity index (χ2n) is 4.98. The molecule has 5 heteroatoms. The Balaban J connectivity index is 2.05. The molecule has 0 bridgehead atoms. The lowest BCUT2D eigenvalue weighted by Crippen LogP contribution is -2.43. The van der Waals surface area contributed by atoms with E-state index in [1.54, 1.807) is 0 Å². The van der Waals surface area contributed by atoms with E-state index in [0.717, 1.165) is 37.3 Å². The van der Waals surface area contributed by atoms with Crippen molar-refractivity contribution in [1.29, 1.82) is 0 Å². The summed E-state index contributed by atoms with van der Waals surface area (Å²) in [4.78, 5) is 14.0. The van der Waals surface area contributed by atoms with Crippen molar-refractivity contribution in [2.24, 2.45) is 0 Å². The van der Waals surface area contributed by atoms with Gasteiger partial charge in [-0.1, -0.05) is 12.1 Å². The van der Waals surface area contributed by atoms with Crippen LogP contribution in [0.4, 0.5) is 4.79 Å². The van der Waals surface area contributed by atoms with Gasteiger partial charge in [0.1, 0.15) is 0 Å². The highest BCUT2D eigenvalue weighted by Crippen LogP contribution is 2.32. The van der Waals surface area contributed by atoms with Gasteiger partial charge in [0, 0.05) is 18.7 Å². The van der Waals surface area contributed by atoms with Gasteiger partial charge in [-0.05, 0) is 33.1 Å². The maximum Gasteiger partial charge on any atom is 0.318 e. The highest BCUT2D eigenvalue weighted by Gasteiger charge is 2.32. The minimum Gasteiger partial charge on any atom is -0.359 e. The van der Waals surface area contributed by atoms with E-state index in [4.69, 9.17) is 4.52 Å². The van der Waals surface area contributed by atoms with E-state index >= 15 is 0 Å². The smallest absolute Gasteiger partial charge is 0.318 e. The topological polar surface area (TPSA) is 58.4 Å². The number of amides is 2. The molecular weight excluding hydrogens is 230 g/mol. The van der Waals surface area contributed by atoms with Crippen LogP contribution >= 0.6 is 0 Å². The first kappa shape index (κ1) is 12.9. The summed E-state index contributed by atoms with van der Waals surface area (Å²) in [6, 6.07) is 2.16. The molecule has 100 valence electrons. The number of hydrogen-bond acceptors (Lipinski definition) is 3. The molecule has 0 aromatic carbocycles. The molecule has 2 amide bonds. The Bertz CT molecular complexity index is 416. The lowest BCUT2D eigenvalue weighted by molar-refractivity contribution is 0.179. The van der Waals surface area contributed by atoms with Crippen molar-refractivity contribution in [1.82, 2.24) is 15.4 Å². The van der Waals surface area contributed by atoms with E-state index in [-0.39, 0.29) is 18.1 Å². The number of urea groups is 1. The van der Waals surface area contributed by atoms with Crippen molar-refractivity contribution >= 4 is 6.03 Å². The van der Waals surface area contributed by atoms with Gasteiger partial charge in [0.25, 0.3) is 0 Å². The van der Waals surface area contributed by atoms with Crippen LogP contribution in [0.15, 0.2) is 10.6 Å². The predicted molar refractivity (Wildman–Crippen MR) is 68.2 cm³/mol. The molecule has 1 aliphatic rings. The zero-order chi connectivity index (χ0) is 13.1. The van der Waals surface area contributed by atoms with Crippen LogP contribution < -0.4 is 5.32 Å². The number of carbonyl (C=O) groups is 1. The van der Waals surface area contributed by atoms with Crippen molar-refractivity contribution in [2.45, 2.75) is 52.1 Å². The molecule has 2 rings (SSSR count). The van der Waals surface area contributed by atoms with Crippen molar-refractivity contribution in [3.63, 3.8) is 0 Å². The Kier molecular flexibility index (Phi) is 3.89. The summed E-state index contributed by atoms with van der Waals surface area (Å²) in [7, 11) is 0. The molecule has 0 unspecified atom stereocenters. The van der Waals surface area contributed by atoms with Crippen LogP contribution in [0, 0.1) is 6.92 Å². The van der Waals surface area contributed by atoms with Gasteiger partial charge in [-0.2, -0.15) is 0 Å². The van der Waals surface area contributed by atoms with Gasteiger partial charge in [0.15, 0.2) is 5.76 Å². The first-order chi connectivity index (χ1) is 8.61. The molecule has 18 heavy (non-hydrogen) atoms. The van der Waals surface area contributed by atoms with Crippen molar-refractivity contribution in [3.8, 4) is 0 Å². The summed E-state index contributed by atoms with van der Waals surface area (Å²) in [6.07, 6.45) is 2.90. The fourth-order valence-electron chi connectivity index (χ4n) is 2.24. The summed E-state index contributed by atoms with van der Waals surface area (Å²) in [5.41, 5.74) is 0.860. The molecule has 1 N–H and O–H groups in total. The van der Waals surface area contributed by atoms with Gasteiger partial charge in [-0.15, -0.1) is 0 Å². The number of hydrogen-bond donors (Lipinski definition) is 1. The van der Waals surface area contributed by atoms with Gasteiger partial charge in [-0.3, -0.25) is 0 Å². The number of rotatable bonds is 3. The monoisotopic (exact) mass is 251 g/mol. The van der Waals surface area contributed by atoms with Crippen LogP contribution in [0.2, 0.25) is 0 Å². The summed E-state index contributed by atoms with van der Waals surface area (Å²) in [6.45, 7) is 6.76. The van der Waals surface area contributed by atoms with Gasteiger partial charge < -0.3 is 14.7 Å². The number of carbonyl (C=O) groups excluding carboxylic acids is 1. The van der Waals surface area contributed by atoms with Crippen LogP contribution in [0.5, 0.6) is 0 Å². The summed E-state index contributed by atoms with van der Waals surface area (Å²) in [5, 5.41) is 6.90. The third-order valence-corrected chi connectivity index (χ3v) is 3.47. The van der Waals surface area contributed by atoms with Crippen LogP contribution in [0.1, 0.15) is 50.6 Å². The van der Waals surface area contributed by atoms with E-state index in [9.17, 15) is 4.79 Å². The molecule has 1 fully saturated rings. The van der Waals surface area contributed by atoms with Crippen LogP contribution in [-0.2, 0) is 0 Å². The van der Waals surface area contributed by atoms with Crippen molar-refractivity contribution < 1.29 is 9.32 Å². The maximum atomic E-state index is 12.2. The molecule has 0 aliphatic carbocycles. The fraction of sp³-hybridized carbons (Fsp3) is 0.692. The molecule has 0 saturated carbocycles. The Hall–Kier alpha value is -1.52. The quantitative estimate of drug-likeness (QED) is 0.898. The molecule has 0 spiro atoms. The summed E-state index contributed by atoms with van der Waals surface area (Å²) < 4.78 is 5.29. The molecule has 1 aromatic rings. The largest absolute Gasteiger partial charge is 0.359 e. The molecular formula is C13H21N3O2. The second kappa shape index (κ2) is 5.42. The highest BCUT2D eigenvalue weighted by molar-refractivity contribution is 5.75. The lowest BCUT2D eigenvalue weighted by atomic mass is 10.1. The minimum atomic E-state index is 0.000836. The normalized spacial score (nSPS) is 21.1. The molecule has 1 aromatic heterocycles. The third kappa shape index (κ3) is 2.66. The Morgan fingerprint density at radius 2 is 2.50 bits per heavy atom. The zero-order valence-electron chi connectivity index (χ0n) is 11.3. The Morgan fingerprint density at radius 3 is 3.11 bits per heavy atom. The van der Waals surface area contributed by atoms with E-state index in [1.165, 1.54) is 0 Å². The SMILES string of the molecule is CC[C@H](C)NC(=O)N1CCC[C@H]1c1cc(C)no1. The van der Waals surface area contributed by atoms with Crippen molar-refractivity contribution in [3.05, 3.63) is 17.5 Å². The van der Waals surface area contributed by atoms with E-state index in [0.29, 0.717) is 0 Å². The molecule has 2 atom stereocenters. The van der Waals surface area contributed by atoms with Gasteiger partial charge in [0.05, 0.1) is 11.7 Å². The fourth-order valence-corrected chi connectivity index (χ4v) is 2.24. The third-order valence-electron chi connectivity index (χ3n) is 3.47. The average Bonchev–Trinajstić information content (AvgIpc) is 2.96. The first-order valence-electron chi connectivity index (χ1n) is 6.62. The zero-order valence-corrected chi connectivity index (χ0v) is 11.3.